The summed E-state index contributed by atoms with van der Waals surface area (Å²) in [5.41, 5.74) is 9.24. The molecule has 0 radical (unpaired) electrons. The van der Waals surface area contributed by atoms with Crippen molar-refractivity contribution in [1.29, 1.82) is 0 Å². The fraction of sp³-hybridized carbons (Fsp3) is 0.136. The first kappa shape index (κ1) is 20.5. The Bertz CT molecular complexity index is 1400. The highest BCUT2D eigenvalue weighted by Crippen LogP contribution is 2.29. The topological polar surface area (TPSA) is 120 Å². The summed E-state index contributed by atoms with van der Waals surface area (Å²) in [7, 11) is -4.07. The van der Waals surface area contributed by atoms with Gasteiger partial charge in [0.2, 0.25) is 0 Å². The highest BCUT2D eigenvalue weighted by Gasteiger charge is 2.28. The average Bonchev–Trinajstić information content (AvgIpc) is 3.07. The number of aryl methyl sites for hydroxylation is 3. The molecule has 4 aromatic rings. The van der Waals surface area contributed by atoms with Crippen LogP contribution in [0.4, 0.5) is 11.4 Å². The Hall–Kier alpha value is -3.72. The van der Waals surface area contributed by atoms with Gasteiger partial charge in [-0.15, -0.1) is 0 Å². The van der Waals surface area contributed by atoms with Gasteiger partial charge in [-0.1, -0.05) is 17.7 Å². The highest BCUT2D eigenvalue weighted by atomic mass is 32.2. The summed E-state index contributed by atoms with van der Waals surface area (Å²) in [4.78, 5) is 17.0. The van der Waals surface area contributed by atoms with Gasteiger partial charge in [0.25, 0.3) is 15.9 Å². The predicted octanol–water partition coefficient (Wildman–Crippen LogP) is 3.43. The molecule has 2 aromatic heterocycles. The third-order valence-electron chi connectivity index (χ3n) is 4.92. The predicted molar refractivity (Wildman–Crippen MR) is 120 cm³/mol. The molecule has 31 heavy (non-hydrogen) atoms. The van der Waals surface area contributed by atoms with E-state index in [4.69, 9.17) is 5.73 Å². The molecule has 8 nitrogen and oxygen atoms in total. The van der Waals surface area contributed by atoms with Crippen LogP contribution in [0.25, 0.3) is 10.9 Å². The van der Waals surface area contributed by atoms with E-state index in [2.05, 4.69) is 15.4 Å². The quantitative estimate of drug-likeness (QED) is 0.474. The van der Waals surface area contributed by atoms with Crippen molar-refractivity contribution < 1.29 is 13.2 Å². The van der Waals surface area contributed by atoms with Crippen LogP contribution in [-0.2, 0) is 10.0 Å². The summed E-state index contributed by atoms with van der Waals surface area (Å²) in [6, 6.07) is 11.5. The van der Waals surface area contributed by atoms with E-state index in [-0.39, 0.29) is 16.1 Å². The number of anilines is 2. The van der Waals surface area contributed by atoms with Gasteiger partial charge in [0.1, 0.15) is 0 Å². The van der Waals surface area contributed by atoms with Crippen molar-refractivity contribution >= 4 is 38.2 Å². The molecular weight excluding hydrogens is 414 g/mol. The minimum Gasteiger partial charge on any atom is -0.399 e. The summed E-state index contributed by atoms with van der Waals surface area (Å²) in [5.74, 6) is -0.548. The van der Waals surface area contributed by atoms with Crippen LogP contribution in [0.1, 0.15) is 27.2 Å². The number of hydrogen-bond donors (Lipinski definition) is 2. The lowest BCUT2D eigenvalue weighted by molar-refractivity contribution is 0.102. The fourth-order valence-electron chi connectivity index (χ4n) is 3.75. The van der Waals surface area contributed by atoms with E-state index in [1.807, 2.05) is 6.92 Å². The van der Waals surface area contributed by atoms with Crippen molar-refractivity contribution in [3.63, 3.8) is 0 Å². The first-order chi connectivity index (χ1) is 14.7. The van der Waals surface area contributed by atoms with Crippen LogP contribution >= 0.6 is 0 Å². The lowest BCUT2D eigenvalue weighted by Crippen LogP contribution is -2.19. The van der Waals surface area contributed by atoms with E-state index in [0.717, 1.165) is 9.65 Å². The molecule has 0 spiro atoms. The summed E-state index contributed by atoms with van der Waals surface area (Å²) in [6.07, 6.45) is 3.08. The van der Waals surface area contributed by atoms with Crippen molar-refractivity contribution in [2.75, 3.05) is 11.1 Å². The Morgan fingerprint density at radius 3 is 2.29 bits per heavy atom. The molecule has 0 unspecified atom stereocenters. The van der Waals surface area contributed by atoms with E-state index >= 15 is 0 Å². The first-order valence-electron chi connectivity index (χ1n) is 9.51. The molecular formula is C22H21N5O3S. The molecule has 4 rings (SSSR count). The monoisotopic (exact) mass is 435 g/mol. The van der Waals surface area contributed by atoms with Crippen LogP contribution in [0.3, 0.4) is 0 Å². The van der Waals surface area contributed by atoms with Gasteiger partial charge in [-0.3, -0.25) is 9.78 Å². The average molecular weight is 436 g/mol. The van der Waals surface area contributed by atoms with E-state index in [0.29, 0.717) is 27.9 Å². The molecule has 3 N–H and O–H groups in total. The maximum Gasteiger partial charge on any atom is 0.284 e. The number of benzene rings is 2. The molecule has 1 amide bonds. The maximum atomic E-state index is 13.6. The van der Waals surface area contributed by atoms with Crippen molar-refractivity contribution in [1.82, 2.24) is 14.2 Å². The highest BCUT2D eigenvalue weighted by molar-refractivity contribution is 7.90. The summed E-state index contributed by atoms with van der Waals surface area (Å²) < 4.78 is 28.1. The van der Waals surface area contributed by atoms with E-state index in [1.165, 1.54) is 12.4 Å². The molecule has 0 saturated carbocycles. The van der Waals surface area contributed by atoms with Gasteiger partial charge in [0.05, 0.1) is 10.4 Å². The molecule has 158 valence electrons. The number of carbonyl (C=O) groups is 1. The van der Waals surface area contributed by atoms with Gasteiger partial charge >= 0.3 is 0 Å². The number of nitrogens with zero attached hydrogens (tertiary/aromatic N) is 3. The molecule has 0 bridgehead atoms. The zero-order valence-corrected chi connectivity index (χ0v) is 18.1. The molecule has 2 heterocycles. The Balaban J connectivity index is 1.91. The minimum atomic E-state index is -4.07. The molecule has 0 saturated heterocycles. The number of carbonyl (C=O) groups excluding carboxylic acids is 1. The number of nitrogens with two attached hydrogens (primary N) is 1. The number of fused-ring (bicyclic) bond motifs is 1. The van der Waals surface area contributed by atoms with Gasteiger partial charge in [0.15, 0.2) is 5.69 Å². The second-order valence-corrected chi connectivity index (χ2v) is 9.10. The number of nitrogens with one attached hydrogen (secondary N) is 1. The molecule has 0 aliphatic rings. The summed E-state index contributed by atoms with van der Waals surface area (Å²) >= 11 is 0. The zero-order chi connectivity index (χ0) is 22.3. The third kappa shape index (κ3) is 3.64. The second kappa shape index (κ2) is 7.51. The Morgan fingerprint density at radius 2 is 1.65 bits per heavy atom. The van der Waals surface area contributed by atoms with Crippen molar-refractivity contribution in [3.05, 3.63) is 77.2 Å². The standard InChI is InChI=1S/C22H21N5O3S/c1-13-10-14(2)21(15(3)11-13)31(29,30)27-19-5-4-16(23)12-18(19)20(26-27)22(28)25-17-6-8-24-9-7-17/h4-12H,23H2,1-3H3,(H,24,25,28). The molecule has 2 aromatic carbocycles. The Kier molecular flexibility index (Phi) is 4.98. The Labute approximate surface area is 179 Å². The lowest BCUT2D eigenvalue weighted by atomic mass is 10.1. The van der Waals surface area contributed by atoms with Crippen LogP contribution in [0.15, 0.2) is 59.8 Å². The lowest BCUT2D eigenvalue weighted by Gasteiger charge is -2.13. The van der Waals surface area contributed by atoms with Crippen molar-refractivity contribution in [3.8, 4) is 0 Å². The van der Waals surface area contributed by atoms with Crippen molar-refractivity contribution in [2.45, 2.75) is 25.7 Å². The van der Waals surface area contributed by atoms with Gasteiger partial charge in [0, 0.05) is 29.2 Å². The van der Waals surface area contributed by atoms with Gasteiger partial charge < -0.3 is 11.1 Å². The normalized spacial score (nSPS) is 11.6. The van der Waals surface area contributed by atoms with Gasteiger partial charge in [-0.2, -0.15) is 17.6 Å². The summed E-state index contributed by atoms with van der Waals surface area (Å²) in [5, 5.41) is 7.28. The number of pyridine rings is 1. The SMILES string of the molecule is Cc1cc(C)c(S(=O)(=O)n2nc(C(=O)Nc3ccncc3)c3cc(N)ccc32)c(C)c1. The van der Waals surface area contributed by atoms with Crippen LogP contribution in [0.2, 0.25) is 0 Å². The molecule has 0 fully saturated rings. The smallest absolute Gasteiger partial charge is 0.284 e. The van der Waals surface area contributed by atoms with Gasteiger partial charge in [-0.05, 0) is 62.2 Å². The van der Waals surface area contributed by atoms with Crippen LogP contribution < -0.4 is 11.1 Å². The summed E-state index contributed by atoms with van der Waals surface area (Å²) in [6.45, 7) is 5.39. The van der Waals surface area contributed by atoms with Crippen LogP contribution in [0.5, 0.6) is 0 Å². The minimum absolute atomic E-state index is 0.0369. The second-order valence-electron chi connectivity index (χ2n) is 7.39. The van der Waals surface area contributed by atoms with E-state index < -0.39 is 15.9 Å². The number of nitrogen functional groups attached to an aromatic ring is 1. The Morgan fingerprint density at radius 1 is 1.00 bits per heavy atom. The van der Waals surface area contributed by atoms with Gasteiger partial charge in [-0.25, -0.2) is 0 Å². The zero-order valence-electron chi connectivity index (χ0n) is 17.2. The van der Waals surface area contributed by atoms with E-state index in [9.17, 15) is 13.2 Å². The number of amides is 1. The molecule has 0 atom stereocenters. The fourth-order valence-corrected chi connectivity index (χ4v) is 5.46. The first-order valence-corrected chi connectivity index (χ1v) is 11.0. The van der Waals surface area contributed by atoms with Crippen LogP contribution in [0, 0.1) is 20.8 Å². The molecule has 0 aliphatic heterocycles. The van der Waals surface area contributed by atoms with E-state index in [1.54, 1.807) is 56.3 Å². The molecule has 0 aliphatic carbocycles. The van der Waals surface area contributed by atoms with Crippen LogP contribution in [-0.4, -0.2) is 28.5 Å². The third-order valence-corrected chi connectivity index (χ3v) is 6.81. The number of aromatic nitrogens is 3. The number of hydrogen-bond acceptors (Lipinski definition) is 6. The number of rotatable bonds is 4. The molecule has 9 heteroatoms. The largest absolute Gasteiger partial charge is 0.399 e. The maximum absolute atomic E-state index is 13.6. The van der Waals surface area contributed by atoms with Crippen molar-refractivity contribution in [2.24, 2.45) is 0 Å².